The Morgan fingerprint density at radius 2 is 1.88 bits per heavy atom. The van der Waals surface area contributed by atoms with E-state index in [0.29, 0.717) is 29.7 Å². The van der Waals surface area contributed by atoms with Gasteiger partial charge in [0.15, 0.2) is 0 Å². The van der Waals surface area contributed by atoms with Gasteiger partial charge in [0.2, 0.25) is 5.91 Å². The second-order valence-electron chi connectivity index (χ2n) is 6.15. The summed E-state index contributed by atoms with van der Waals surface area (Å²) in [4.78, 5) is 37.4. The van der Waals surface area contributed by atoms with E-state index < -0.39 is 12.0 Å². The molecule has 1 heterocycles. The molecule has 2 N–H and O–H groups in total. The number of carboxylic acids is 1. The van der Waals surface area contributed by atoms with Gasteiger partial charge >= 0.3 is 5.97 Å². The van der Waals surface area contributed by atoms with E-state index in [1.54, 1.807) is 4.90 Å². The van der Waals surface area contributed by atoms with Crippen LogP contribution in [0.3, 0.4) is 0 Å². The van der Waals surface area contributed by atoms with Crippen molar-refractivity contribution in [3.05, 3.63) is 35.4 Å². The van der Waals surface area contributed by atoms with Crippen molar-refractivity contribution >= 4 is 29.5 Å². The zero-order chi connectivity index (χ0) is 17.7. The number of thioether (sulfide) groups is 1. The summed E-state index contributed by atoms with van der Waals surface area (Å²) in [6.45, 7) is 4.79. The predicted molar refractivity (Wildman–Crippen MR) is 93.1 cm³/mol. The molecule has 1 aliphatic heterocycles. The highest BCUT2D eigenvalue weighted by atomic mass is 32.2. The van der Waals surface area contributed by atoms with Crippen LogP contribution in [-0.2, 0) is 4.79 Å². The molecule has 24 heavy (non-hydrogen) atoms. The van der Waals surface area contributed by atoms with E-state index in [2.05, 4.69) is 19.2 Å². The molecule has 1 unspecified atom stereocenters. The van der Waals surface area contributed by atoms with Crippen LogP contribution in [0, 0.1) is 5.92 Å². The highest BCUT2D eigenvalue weighted by Gasteiger charge is 2.34. The van der Waals surface area contributed by atoms with Crippen LogP contribution in [0.15, 0.2) is 24.3 Å². The van der Waals surface area contributed by atoms with Gasteiger partial charge in [-0.05, 0) is 36.6 Å². The summed E-state index contributed by atoms with van der Waals surface area (Å²) < 4.78 is 0. The zero-order valence-electron chi connectivity index (χ0n) is 13.8. The number of nitrogens with zero attached hydrogens (tertiary/aromatic N) is 1. The van der Waals surface area contributed by atoms with Crippen molar-refractivity contribution in [1.29, 1.82) is 0 Å². The molecule has 0 aliphatic carbocycles. The Balaban J connectivity index is 2.02. The molecule has 7 heteroatoms. The Morgan fingerprint density at radius 1 is 1.25 bits per heavy atom. The minimum atomic E-state index is -1.03. The lowest BCUT2D eigenvalue weighted by Gasteiger charge is -2.23. The van der Waals surface area contributed by atoms with Gasteiger partial charge in [0.1, 0.15) is 6.04 Å². The van der Waals surface area contributed by atoms with Gasteiger partial charge in [-0.1, -0.05) is 13.8 Å². The standard InChI is InChI=1S/C17H22N2O4S/c1-11(2)7-8-18-15(20)14-9-24-10-19(14)16(21)12-3-5-13(6-4-12)17(22)23/h3-6,11,14H,7-10H2,1-2H3,(H,18,20)(H,22,23). The fourth-order valence-corrected chi connectivity index (χ4v) is 3.54. The van der Waals surface area contributed by atoms with Gasteiger partial charge in [-0.15, -0.1) is 11.8 Å². The Bertz CT molecular complexity index is 616. The second-order valence-corrected chi connectivity index (χ2v) is 7.15. The first-order valence-electron chi connectivity index (χ1n) is 7.90. The summed E-state index contributed by atoms with van der Waals surface area (Å²) in [6.07, 6.45) is 0.899. The lowest BCUT2D eigenvalue weighted by Crippen LogP contribution is -2.47. The molecule has 0 spiro atoms. The summed E-state index contributed by atoms with van der Waals surface area (Å²) in [7, 11) is 0. The van der Waals surface area contributed by atoms with E-state index in [4.69, 9.17) is 5.11 Å². The van der Waals surface area contributed by atoms with Crippen LogP contribution >= 0.6 is 11.8 Å². The van der Waals surface area contributed by atoms with Gasteiger partial charge in [-0.3, -0.25) is 9.59 Å². The number of hydrogen-bond acceptors (Lipinski definition) is 4. The van der Waals surface area contributed by atoms with Crippen molar-refractivity contribution in [2.75, 3.05) is 18.2 Å². The number of benzene rings is 1. The van der Waals surface area contributed by atoms with Crippen LogP contribution in [0.4, 0.5) is 0 Å². The number of hydrogen-bond donors (Lipinski definition) is 2. The number of carbonyl (C=O) groups is 3. The number of carboxylic acid groups (broad SMARTS) is 1. The molecule has 1 aromatic rings. The molecule has 1 atom stereocenters. The summed E-state index contributed by atoms with van der Waals surface area (Å²) >= 11 is 1.54. The molecule has 2 rings (SSSR count). The van der Waals surface area contributed by atoms with Gasteiger partial charge in [-0.25, -0.2) is 4.79 Å². The SMILES string of the molecule is CC(C)CCNC(=O)C1CSCN1C(=O)c1ccc(C(=O)O)cc1. The van der Waals surface area contributed by atoms with Crippen molar-refractivity contribution in [3.8, 4) is 0 Å². The van der Waals surface area contributed by atoms with Crippen LogP contribution in [0.1, 0.15) is 41.0 Å². The van der Waals surface area contributed by atoms with E-state index in [-0.39, 0.29) is 17.4 Å². The van der Waals surface area contributed by atoms with Crippen LogP contribution < -0.4 is 5.32 Å². The molecule has 130 valence electrons. The van der Waals surface area contributed by atoms with E-state index in [0.717, 1.165) is 6.42 Å². The molecular formula is C17H22N2O4S. The molecule has 0 aromatic heterocycles. The maximum atomic E-state index is 12.6. The molecule has 1 aromatic carbocycles. The van der Waals surface area contributed by atoms with E-state index >= 15 is 0 Å². The minimum absolute atomic E-state index is 0.129. The van der Waals surface area contributed by atoms with Gasteiger partial charge in [0, 0.05) is 17.9 Å². The van der Waals surface area contributed by atoms with Gasteiger partial charge in [0.05, 0.1) is 11.4 Å². The average molecular weight is 350 g/mol. The molecule has 0 saturated carbocycles. The van der Waals surface area contributed by atoms with Gasteiger partial charge in [-0.2, -0.15) is 0 Å². The molecule has 0 bridgehead atoms. The first-order chi connectivity index (χ1) is 11.4. The van der Waals surface area contributed by atoms with Crippen LogP contribution in [0.5, 0.6) is 0 Å². The van der Waals surface area contributed by atoms with Crippen LogP contribution in [0.2, 0.25) is 0 Å². The van der Waals surface area contributed by atoms with E-state index in [1.807, 2.05) is 0 Å². The molecule has 1 aliphatic rings. The Hall–Kier alpha value is -2.02. The molecule has 1 saturated heterocycles. The van der Waals surface area contributed by atoms with Crippen LogP contribution in [-0.4, -0.2) is 52.0 Å². The van der Waals surface area contributed by atoms with Crippen molar-refractivity contribution in [2.45, 2.75) is 26.3 Å². The zero-order valence-corrected chi connectivity index (χ0v) is 14.6. The van der Waals surface area contributed by atoms with Crippen LogP contribution in [0.25, 0.3) is 0 Å². The third kappa shape index (κ3) is 4.50. The molecule has 0 radical (unpaired) electrons. The monoisotopic (exact) mass is 350 g/mol. The van der Waals surface area contributed by atoms with Crippen molar-refractivity contribution in [2.24, 2.45) is 5.92 Å². The van der Waals surface area contributed by atoms with E-state index in [9.17, 15) is 14.4 Å². The van der Waals surface area contributed by atoms with Crippen molar-refractivity contribution < 1.29 is 19.5 Å². The second kappa shape index (κ2) is 8.19. The third-order valence-corrected chi connectivity index (χ3v) is 4.86. The van der Waals surface area contributed by atoms with Crippen molar-refractivity contribution in [1.82, 2.24) is 10.2 Å². The maximum absolute atomic E-state index is 12.6. The smallest absolute Gasteiger partial charge is 0.335 e. The molecule has 6 nitrogen and oxygen atoms in total. The van der Waals surface area contributed by atoms with Crippen molar-refractivity contribution in [3.63, 3.8) is 0 Å². The third-order valence-electron chi connectivity index (χ3n) is 3.85. The highest BCUT2D eigenvalue weighted by Crippen LogP contribution is 2.23. The fraction of sp³-hybridized carbons (Fsp3) is 0.471. The Labute approximate surface area is 145 Å². The van der Waals surface area contributed by atoms with E-state index in [1.165, 1.54) is 36.0 Å². The molecule has 2 amide bonds. The first kappa shape index (κ1) is 18.3. The minimum Gasteiger partial charge on any atom is -0.478 e. The number of aromatic carboxylic acids is 1. The lowest BCUT2D eigenvalue weighted by molar-refractivity contribution is -0.124. The number of rotatable bonds is 6. The predicted octanol–water partition coefficient (Wildman–Crippen LogP) is 2.06. The normalized spacial score (nSPS) is 17.1. The Kier molecular flexibility index (Phi) is 6.25. The Morgan fingerprint density at radius 3 is 2.46 bits per heavy atom. The van der Waals surface area contributed by atoms with Gasteiger partial charge in [0.25, 0.3) is 5.91 Å². The topological polar surface area (TPSA) is 86.7 Å². The number of carbonyl (C=O) groups excluding carboxylic acids is 2. The van der Waals surface area contributed by atoms with Gasteiger partial charge < -0.3 is 15.3 Å². The molecule has 1 fully saturated rings. The fourth-order valence-electron chi connectivity index (χ4n) is 2.38. The average Bonchev–Trinajstić information content (AvgIpc) is 3.03. The molecular weight excluding hydrogens is 328 g/mol. The summed E-state index contributed by atoms with van der Waals surface area (Å²) in [6, 6.07) is 5.30. The summed E-state index contributed by atoms with van der Waals surface area (Å²) in [5, 5.41) is 11.8. The largest absolute Gasteiger partial charge is 0.478 e. The maximum Gasteiger partial charge on any atom is 0.335 e. The lowest BCUT2D eigenvalue weighted by atomic mass is 10.1. The summed E-state index contributed by atoms with van der Waals surface area (Å²) in [5.41, 5.74) is 0.521. The number of nitrogens with one attached hydrogen (secondary N) is 1. The first-order valence-corrected chi connectivity index (χ1v) is 9.05. The quantitative estimate of drug-likeness (QED) is 0.820. The summed E-state index contributed by atoms with van der Waals surface area (Å²) in [5.74, 6) is 0.132. The highest BCUT2D eigenvalue weighted by molar-refractivity contribution is 7.99. The number of amides is 2.